The minimum absolute atomic E-state index is 0.203. The van der Waals surface area contributed by atoms with Crippen molar-refractivity contribution >= 4 is 22.6 Å². The lowest BCUT2D eigenvalue weighted by Gasteiger charge is -2.31. The van der Waals surface area contributed by atoms with Crippen molar-refractivity contribution < 1.29 is 14.3 Å². The molecule has 1 fully saturated rings. The second kappa shape index (κ2) is 7.00. The van der Waals surface area contributed by atoms with Crippen molar-refractivity contribution in [3.05, 3.63) is 41.7 Å². The van der Waals surface area contributed by atoms with Crippen LogP contribution in [0.4, 0.5) is 5.69 Å². The summed E-state index contributed by atoms with van der Waals surface area (Å²) in [5.41, 5.74) is 2.67. The zero-order valence-electron chi connectivity index (χ0n) is 17.6. The fraction of sp³-hybridized carbons (Fsp3) is 0.435. The van der Waals surface area contributed by atoms with E-state index in [0.29, 0.717) is 22.7 Å². The summed E-state index contributed by atoms with van der Waals surface area (Å²) in [5.74, 6) is 0.713. The fourth-order valence-corrected chi connectivity index (χ4v) is 4.34. The first kappa shape index (κ1) is 18.9. The first-order valence-electron chi connectivity index (χ1n) is 10.6. The Morgan fingerprint density at radius 1 is 1.13 bits per heavy atom. The van der Waals surface area contributed by atoms with Crippen LogP contribution in [0.15, 0.2) is 30.5 Å². The smallest absolute Gasteiger partial charge is 0.257 e. The van der Waals surface area contributed by atoms with Gasteiger partial charge < -0.3 is 14.8 Å². The van der Waals surface area contributed by atoms with Gasteiger partial charge in [-0.3, -0.25) is 4.79 Å². The first-order valence-corrected chi connectivity index (χ1v) is 10.6. The maximum Gasteiger partial charge on any atom is 0.257 e. The van der Waals surface area contributed by atoms with Gasteiger partial charge in [-0.25, -0.2) is 9.67 Å². The number of aromatic nitrogens is 3. The number of amides is 1. The van der Waals surface area contributed by atoms with Crippen molar-refractivity contribution in [1.29, 1.82) is 0 Å². The minimum atomic E-state index is -0.522. The Labute approximate surface area is 175 Å². The number of hydrogen-bond acceptors (Lipinski definition) is 5. The Morgan fingerprint density at radius 3 is 2.67 bits per heavy atom. The third-order valence-electron chi connectivity index (χ3n) is 5.90. The van der Waals surface area contributed by atoms with Crippen LogP contribution in [0.2, 0.25) is 0 Å². The van der Waals surface area contributed by atoms with Crippen molar-refractivity contribution in [1.82, 2.24) is 14.8 Å². The van der Waals surface area contributed by atoms with Gasteiger partial charge in [-0.2, -0.15) is 5.10 Å². The summed E-state index contributed by atoms with van der Waals surface area (Å²) in [7, 11) is 0. The predicted octanol–water partition coefficient (Wildman–Crippen LogP) is 5.00. The first-order chi connectivity index (χ1) is 14.4. The Hall–Kier alpha value is -3.09. The van der Waals surface area contributed by atoms with E-state index in [1.807, 2.05) is 35.9 Å². The Balaban J connectivity index is 1.38. The Kier molecular flexibility index (Phi) is 4.41. The minimum Gasteiger partial charge on any atom is -0.448 e. The molecule has 156 valence electrons. The van der Waals surface area contributed by atoms with E-state index < -0.39 is 5.79 Å². The zero-order chi connectivity index (χ0) is 20.9. The highest BCUT2D eigenvalue weighted by Gasteiger charge is 2.42. The van der Waals surface area contributed by atoms with Crippen LogP contribution < -0.4 is 14.8 Å². The average molecular weight is 406 g/mol. The van der Waals surface area contributed by atoms with E-state index in [4.69, 9.17) is 9.47 Å². The van der Waals surface area contributed by atoms with Gasteiger partial charge in [0.05, 0.1) is 17.5 Å². The standard InChI is InChI=1S/C23H26N4O3/c1-14(2)27-21-16(13-24-27)11-18(15(3)25-21)22(28)26-17-7-8-19-20(12-17)30-23(29-19)9-5-4-6-10-23/h7-8,11-14H,4-6,9-10H2,1-3H3,(H,26,28). The third kappa shape index (κ3) is 3.18. The summed E-state index contributed by atoms with van der Waals surface area (Å²) in [4.78, 5) is 17.6. The van der Waals surface area contributed by atoms with Gasteiger partial charge in [0, 0.05) is 36.0 Å². The summed E-state index contributed by atoms with van der Waals surface area (Å²) in [5, 5.41) is 8.22. The number of pyridine rings is 1. The molecule has 0 atom stereocenters. The molecule has 2 aromatic heterocycles. The van der Waals surface area contributed by atoms with Crippen molar-refractivity contribution in [3.63, 3.8) is 0 Å². The van der Waals surface area contributed by atoms with Crippen LogP contribution >= 0.6 is 0 Å². The van der Waals surface area contributed by atoms with Gasteiger partial charge in [0.25, 0.3) is 11.7 Å². The lowest BCUT2D eigenvalue weighted by Crippen LogP contribution is -2.40. The topological polar surface area (TPSA) is 78.3 Å². The molecule has 1 aromatic carbocycles. The molecule has 0 bridgehead atoms. The van der Waals surface area contributed by atoms with E-state index in [-0.39, 0.29) is 11.9 Å². The number of hydrogen-bond donors (Lipinski definition) is 1. The number of aryl methyl sites for hydroxylation is 1. The molecular formula is C23H26N4O3. The zero-order valence-corrected chi connectivity index (χ0v) is 17.6. The maximum absolute atomic E-state index is 13.0. The van der Waals surface area contributed by atoms with Gasteiger partial charge in [-0.05, 0) is 51.8 Å². The van der Waals surface area contributed by atoms with Crippen molar-refractivity contribution in [2.75, 3.05) is 5.32 Å². The van der Waals surface area contributed by atoms with Gasteiger partial charge in [-0.15, -0.1) is 0 Å². The van der Waals surface area contributed by atoms with Crippen LogP contribution in [0, 0.1) is 6.92 Å². The molecule has 0 unspecified atom stereocenters. The summed E-state index contributed by atoms with van der Waals surface area (Å²) < 4.78 is 14.2. The number of nitrogens with zero attached hydrogens (tertiary/aromatic N) is 3. The van der Waals surface area contributed by atoms with Crippen molar-refractivity contribution in [2.24, 2.45) is 0 Å². The molecule has 5 rings (SSSR count). The number of carbonyl (C=O) groups excluding carboxylic acids is 1. The maximum atomic E-state index is 13.0. The van der Waals surface area contributed by atoms with Gasteiger partial charge in [0.15, 0.2) is 17.1 Å². The number of benzene rings is 1. The number of fused-ring (bicyclic) bond motifs is 2. The number of nitrogens with one attached hydrogen (secondary N) is 1. The van der Waals surface area contributed by atoms with E-state index in [2.05, 4.69) is 29.2 Å². The largest absolute Gasteiger partial charge is 0.448 e. The molecular weight excluding hydrogens is 380 g/mol. The van der Waals surface area contributed by atoms with Crippen molar-refractivity contribution in [3.8, 4) is 11.5 Å². The van der Waals surface area contributed by atoms with E-state index in [1.165, 1.54) is 6.42 Å². The highest BCUT2D eigenvalue weighted by Crippen LogP contribution is 2.46. The fourth-order valence-electron chi connectivity index (χ4n) is 4.34. The monoisotopic (exact) mass is 406 g/mol. The molecule has 1 N–H and O–H groups in total. The molecule has 3 heterocycles. The number of carbonyl (C=O) groups is 1. The average Bonchev–Trinajstić information content (AvgIpc) is 3.28. The lowest BCUT2D eigenvalue weighted by atomic mass is 9.94. The van der Waals surface area contributed by atoms with E-state index in [9.17, 15) is 4.79 Å². The van der Waals surface area contributed by atoms with Gasteiger partial charge in [0.1, 0.15) is 0 Å². The second-order valence-corrected chi connectivity index (χ2v) is 8.51. The number of ether oxygens (including phenoxy) is 2. The normalized spacial score (nSPS) is 17.1. The molecule has 2 aliphatic rings. The van der Waals surface area contributed by atoms with Crippen LogP contribution in [0.5, 0.6) is 11.5 Å². The molecule has 30 heavy (non-hydrogen) atoms. The third-order valence-corrected chi connectivity index (χ3v) is 5.90. The van der Waals surface area contributed by atoms with E-state index in [1.54, 1.807) is 6.20 Å². The summed E-state index contributed by atoms with van der Waals surface area (Å²) in [6.45, 7) is 5.96. The molecule has 1 aliphatic heterocycles. The number of anilines is 1. The highest BCUT2D eigenvalue weighted by molar-refractivity contribution is 6.06. The van der Waals surface area contributed by atoms with E-state index in [0.717, 1.165) is 42.5 Å². The van der Waals surface area contributed by atoms with Crippen LogP contribution in [-0.4, -0.2) is 26.5 Å². The molecule has 0 radical (unpaired) electrons. The van der Waals surface area contributed by atoms with Crippen LogP contribution in [0.25, 0.3) is 11.0 Å². The molecule has 1 spiro atoms. The van der Waals surface area contributed by atoms with Gasteiger partial charge >= 0.3 is 0 Å². The van der Waals surface area contributed by atoms with Crippen LogP contribution in [0.1, 0.15) is 68.0 Å². The summed E-state index contributed by atoms with van der Waals surface area (Å²) in [6, 6.07) is 7.61. The summed E-state index contributed by atoms with van der Waals surface area (Å²) >= 11 is 0. The second-order valence-electron chi connectivity index (χ2n) is 8.51. The molecule has 1 aliphatic carbocycles. The Bertz CT molecular complexity index is 1130. The quantitative estimate of drug-likeness (QED) is 0.662. The predicted molar refractivity (Wildman–Crippen MR) is 114 cm³/mol. The molecule has 3 aromatic rings. The van der Waals surface area contributed by atoms with Crippen LogP contribution in [-0.2, 0) is 0 Å². The lowest BCUT2D eigenvalue weighted by molar-refractivity contribution is -0.105. The van der Waals surface area contributed by atoms with Gasteiger partial charge in [0.2, 0.25) is 0 Å². The van der Waals surface area contributed by atoms with E-state index >= 15 is 0 Å². The molecule has 0 saturated heterocycles. The van der Waals surface area contributed by atoms with Gasteiger partial charge in [-0.1, -0.05) is 6.42 Å². The molecule has 7 heteroatoms. The molecule has 1 amide bonds. The summed E-state index contributed by atoms with van der Waals surface area (Å²) in [6.07, 6.45) is 7.00. The van der Waals surface area contributed by atoms with Crippen LogP contribution in [0.3, 0.4) is 0 Å². The Morgan fingerprint density at radius 2 is 1.90 bits per heavy atom. The molecule has 7 nitrogen and oxygen atoms in total. The highest BCUT2D eigenvalue weighted by atomic mass is 16.7. The number of rotatable bonds is 3. The van der Waals surface area contributed by atoms with Crippen molar-refractivity contribution in [2.45, 2.75) is 64.7 Å². The SMILES string of the molecule is Cc1nc2c(cnn2C(C)C)cc1C(=O)Nc1ccc2c(c1)OC1(CCCCC1)O2. The molecule has 1 saturated carbocycles.